The van der Waals surface area contributed by atoms with Crippen LogP contribution in [-0.4, -0.2) is 44.7 Å². The van der Waals surface area contributed by atoms with Crippen LogP contribution in [0, 0.1) is 0 Å². The zero-order valence-corrected chi connectivity index (χ0v) is 10.7. The van der Waals surface area contributed by atoms with Crippen molar-refractivity contribution in [1.29, 1.82) is 0 Å². The second-order valence-corrected chi connectivity index (χ2v) is 4.92. The van der Waals surface area contributed by atoms with Crippen LogP contribution in [-0.2, 0) is 11.3 Å². The zero-order chi connectivity index (χ0) is 14.2. The van der Waals surface area contributed by atoms with Gasteiger partial charge in [-0.05, 0) is 18.6 Å². The van der Waals surface area contributed by atoms with E-state index >= 15 is 0 Å². The van der Waals surface area contributed by atoms with E-state index < -0.39 is 11.5 Å². The highest BCUT2D eigenvalue weighted by Gasteiger charge is 2.41. The van der Waals surface area contributed by atoms with Crippen LogP contribution in [0.15, 0.2) is 27.3 Å². The molecule has 3 rings (SSSR count). The molecule has 0 bridgehead atoms. The molecule has 3 heterocycles. The lowest BCUT2D eigenvalue weighted by molar-refractivity contribution is -0.142. The fraction of sp³-hybridized carbons (Fsp3) is 0.417. The van der Waals surface area contributed by atoms with Gasteiger partial charge in [0.05, 0.1) is 12.8 Å². The average molecular weight is 278 g/mol. The summed E-state index contributed by atoms with van der Waals surface area (Å²) in [5.74, 6) is 0.306. The van der Waals surface area contributed by atoms with E-state index in [1.807, 2.05) is 4.90 Å². The topological polar surface area (TPSA) is 119 Å². The number of carboxylic acids is 1. The van der Waals surface area contributed by atoms with E-state index in [1.165, 1.54) is 6.26 Å². The summed E-state index contributed by atoms with van der Waals surface area (Å²) in [6, 6.07) is 3.46. The molecule has 106 valence electrons. The van der Waals surface area contributed by atoms with Crippen molar-refractivity contribution in [3.63, 3.8) is 0 Å². The first-order valence-electron chi connectivity index (χ1n) is 6.18. The molecule has 1 aliphatic rings. The van der Waals surface area contributed by atoms with E-state index in [-0.39, 0.29) is 6.54 Å². The molecular weight excluding hydrogens is 264 g/mol. The highest BCUT2D eigenvalue weighted by molar-refractivity contribution is 5.79. The summed E-state index contributed by atoms with van der Waals surface area (Å²) >= 11 is 0. The Balaban J connectivity index is 1.66. The smallest absolute Gasteiger partial charge is 0.325 e. The Labute approximate surface area is 114 Å². The van der Waals surface area contributed by atoms with Gasteiger partial charge in [0, 0.05) is 13.1 Å². The van der Waals surface area contributed by atoms with Crippen LogP contribution in [0.2, 0.25) is 0 Å². The number of nitrogens with two attached hydrogens (primary N) is 1. The molecule has 0 amide bonds. The number of hydrogen-bond acceptors (Lipinski definition) is 7. The lowest BCUT2D eigenvalue weighted by Crippen LogP contribution is -2.50. The number of carboxylic acid groups (broad SMARTS) is 1. The SMILES string of the molecule is NC1(C(=O)O)CCN(Cc2noc(-c3ccco3)n2)C1. The van der Waals surface area contributed by atoms with Crippen LogP contribution in [0.4, 0.5) is 0 Å². The van der Waals surface area contributed by atoms with Gasteiger partial charge in [-0.15, -0.1) is 0 Å². The van der Waals surface area contributed by atoms with Gasteiger partial charge >= 0.3 is 5.97 Å². The van der Waals surface area contributed by atoms with E-state index in [0.29, 0.717) is 37.0 Å². The third-order valence-electron chi connectivity index (χ3n) is 3.37. The van der Waals surface area contributed by atoms with Gasteiger partial charge in [0.1, 0.15) is 5.54 Å². The van der Waals surface area contributed by atoms with Gasteiger partial charge in [0.25, 0.3) is 5.89 Å². The molecule has 1 unspecified atom stereocenters. The van der Waals surface area contributed by atoms with Crippen LogP contribution in [0.3, 0.4) is 0 Å². The molecule has 2 aromatic rings. The average Bonchev–Trinajstić information content (AvgIpc) is 3.10. The van der Waals surface area contributed by atoms with Gasteiger partial charge in [-0.3, -0.25) is 9.69 Å². The molecule has 3 N–H and O–H groups in total. The van der Waals surface area contributed by atoms with Crippen LogP contribution in [0.1, 0.15) is 12.2 Å². The van der Waals surface area contributed by atoms with Crippen LogP contribution in [0.5, 0.6) is 0 Å². The molecule has 2 aromatic heterocycles. The Hall–Kier alpha value is -2.19. The van der Waals surface area contributed by atoms with Crippen molar-refractivity contribution in [2.24, 2.45) is 5.73 Å². The summed E-state index contributed by atoms with van der Waals surface area (Å²) in [4.78, 5) is 17.2. The first kappa shape index (κ1) is 12.8. The number of hydrogen-bond donors (Lipinski definition) is 2. The fourth-order valence-corrected chi connectivity index (χ4v) is 2.24. The molecule has 0 saturated carbocycles. The van der Waals surface area contributed by atoms with E-state index in [1.54, 1.807) is 12.1 Å². The van der Waals surface area contributed by atoms with E-state index in [4.69, 9.17) is 19.8 Å². The first-order chi connectivity index (χ1) is 9.57. The second-order valence-electron chi connectivity index (χ2n) is 4.92. The molecule has 0 aliphatic carbocycles. The minimum atomic E-state index is -1.19. The monoisotopic (exact) mass is 278 g/mol. The molecule has 0 aromatic carbocycles. The zero-order valence-electron chi connectivity index (χ0n) is 10.7. The highest BCUT2D eigenvalue weighted by Crippen LogP contribution is 2.22. The molecule has 1 saturated heterocycles. The summed E-state index contributed by atoms with van der Waals surface area (Å²) in [7, 11) is 0. The Morgan fingerprint density at radius 2 is 2.45 bits per heavy atom. The van der Waals surface area contributed by atoms with E-state index in [2.05, 4.69) is 10.1 Å². The molecule has 1 atom stereocenters. The Bertz CT molecular complexity index is 609. The Kier molecular flexibility index (Phi) is 3.03. The van der Waals surface area contributed by atoms with Gasteiger partial charge < -0.3 is 19.8 Å². The maximum absolute atomic E-state index is 11.1. The number of carbonyl (C=O) groups is 1. The summed E-state index contributed by atoms with van der Waals surface area (Å²) in [5.41, 5.74) is 4.62. The number of likely N-dealkylation sites (tertiary alicyclic amines) is 1. The number of aliphatic carboxylic acids is 1. The maximum atomic E-state index is 11.1. The number of rotatable bonds is 4. The van der Waals surface area contributed by atoms with Crippen LogP contribution < -0.4 is 5.73 Å². The predicted molar refractivity (Wildman–Crippen MR) is 66.4 cm³/mol. The van der Waals surface area contributed by atoms with Crippen LogP contribution >= 0.6 is 0 Å². The quantitative estimate of drug-likeness (QED) is 0.820. The lowest BCUT2D eigenvalue weighted by atomic mass is 10.0. The van der Waals surface area contributed by atoms with Gasteiger partial charge in [0.2, 0.25) is 0 Å². The summed E-state index contributed by atoms with van der Waals surface area (Å²) < 4.78 is 10.2. The summed E-state index contributed by atoms with van der Waals surface area (Å²) in [6.07, 6.45) is 1.93. The standard InChI is InChI=1S/C12H14N4O4/c13-12(11(17)18)3-4-16(7-12)6-9-14-10(20-15-9)8-2-1-5-19-8/h1-2,5H,3-4,6-7,13H2,(H,17,18). The van der Waals surface area contributed by atoms with Crippen molar-refractivity contribution >= 4 is 5.97 Å². The third-order valence-corrected chi connectivity index (χ3v) is 3.37. The van der Waals surface area contributed by atoms with Crippen molar-refractivity contribution in [3.8, 4) is 11.7 Å². The van der Waals surface area contributed by atoms with Crippen molar-refractivity contribution in [2.45, 2.75) is 18.5 Å². The number of nitrogens with zero attached hydrogens (tertiary/aromatic N) is 3. The summed E-state index contributed by atoms with van der Waals surface area (Å²) in [6.45, 7) is 1.26. The second kappa shape index (κ2) is 4.73. The minimum Gasteiger partial charge on any atom is -0.480 e. The normalized spacial score (nSPS) is 23.2. The third kappa shape index (κ3) is 2.30. The maximum Gasteiger partial charge on any atom is 0.325 e. The van der Waals surface area contributed by atoms with Crippen molar-refractivity contribution < 1.29 is 18.8 Å². The molecule has 20 heavy (non-hydrogen) atoms. The van der Waals surface area contributed by atoms with Crippen molar-refractivity contribution in [1.82, 2.24) is 15.0 Å². The molecule has 8 nitrogen and oxygen atoms in total. The van der Waals surface area contributed by atoms with E-state index in [9.17, 15) is 4.79 Å². The van der Waals surface area contributed by atoms with Crippen molar-refractivity contribution in [3.05, 3.63) is 24.2 Å². The van der Waals surface area contributed by atoms with E-state index in [0.717, 1.165) is 0 Å². The van der Waals surface area contributed by atoms with Gasteiger partial charge in [0.15, 0.2) is 11.6 Å². The number of aromatic nitrogens is 2. The molecule has 0 radical (unpaired) electrons. The minimum absolute atomic E-state index is 0.271. The number of furan rings is 1. The Morgan fingerprint density at radius 3 is 3.10 bits per heavy atom. The van der Waals surface area contributed by atoms with Gasteiger partial charge in [-0.1, -0.05) is 5.16 Å². The Morgan fingerprint density at radius 1 is 1.60 bits per heavy atom. The highest BCUT2D eigenvalue weighted by atomic mass is 16.5. The summed E-state index contributed by atoms with van der Waals surface area (Å²) in [5, 5.41) is 12.9. The molecule has 1 aliphatic heterocycles. The van der Waals surface area contributed by atoms with Gasteiger partial charge in [-0.2, -0.15) is 4.98 Å². The molecule has 1 fully saturated rings. The van der Waals surface area contributed by atoms with Crippen LogP contribution in [0.25, 0.3) is 11.7 Å². The lowest BCUT2D eigenvalue weighted by Gasteiger charge is -2.18. The molecule has 0 spiro atoms. The first-order valence-corrected chi connectivity index (χ1v) is 6.18. The largest absolute Gasteiger partial charge is 0.480 e. The molecule has 8 heteroatoms. The van der Waals surface area contributed by atoms with Gasteiger partial charge in [-0.25, -0.2) is 0 Å². The molecular formula is C12H14N4O4. The fourth-order valence-electron chi connectivity index (χ4n) is 2.24. The van der Waals surface area contributed by atoms with Crippen molar-refractivity contribution in [2.75, 3.05) is 13.1 Å². The predicted octanol–water partition coefficient (Wildman–Crippen LogP) is 0.317.